The number of benzene rings is 3. The molecule has 2 aromatic heterocycles. The van der Waals surface area contributed by atoms with Crippen molar-refractivity contribution in [3.05, 3.63) is 98.7 Å². The maximum Gasteiger partial charge on any atom is 0.344 e. The molecule has 0 bridgehead atoms. The minimum Gasteiger partial charge on any atom is -0.493 e. The molecular formula is C30H25NO7. The second-order valence-corrected chi connectivity index (χ2v) is 9.15. The molecule has 0 fully saturated rings. The molecule has 0 saturated carbocycles. The molecule has 0 saturated heterocycles. The largest absolute Gasteiger partial charge is 0.493 e. The van der Waals surface area contributed by atoms with Crippen molar-refractivity contribution in [3.8, 4) is 28.4 Å². The van der Waals surface area contributed by atoms with Crippen molar-refractivity contribution >= 4 is 21.9 Å². The Labute approximate surface area is 217 Å². The third-order valence-corrected chi connectivity index (χ3v) is 6.85. The van der Waals surface area contributed by atoms with Crippen LogP contribution >= 0.6 is 0 Å². The van der Waals surface area contributed by atoms with Crippen LogP contribution in [0.2, 0.25) is 0 Å². The van der Waals surface area contributed by atoms with Crippen molar-refractivity contribution < 1.29 is 23.0 Å². The number of rotatable bonds is 6. The van der Waals surface area contributed by atoms with Gasteiger partial charge in [0.2, 0.25) is 0 Å². The molecule has 0 aliphatic carbocycles. The fourth-order valence-corrected chi connectivity index (χ4v) is 4.92. The van der Waals surface area contributed by atoms with Crippen molar-refractivity contribution in [1.29, 1.82) is 0 Å². The molecule has 5 aromatic rings. The second kappa shape index (κ2) is 9.72. The van der Waals surface area contributed by atoms with E-state index in [0.29, 0.717) is 64.7 Å². The van der Waals surface area contributed by atoms with E-state index in [2.05, 4.69) is 4.90 Å². The molecular weight excluding hydrogens is 486 g/mol. The predicted octanol–water partition coefficient (Wildman–Crippen LogP) is 4.98. The first kappa shape index (κ1) is 23.8. The average molecular weight is 512 g/mol. The molecule has 1 aliphatic rings. The zero-order chi connectivity index (χ0) is 26.2. The first-order valence-electron chi connectivity index (χ1n) is 12.2. The molecule has 192 valence electrons. The number of hydrogen-bond donors (Lipinski definition) is 0. The first-order valence-corrected chi connectivity index (χ1v) is 12.2. The lowest BCUT2D eigenvalue weighted by molar-refractivity contribution is 0.0967. The van der Waals surface area contributed by atoms with Crippen LogP contribution in [0.25, 0.3) is 33.1 Å². The Morgan fingerprint density at radius 2 is 1.71 bits per heavy atom. The van der Waals surface area contributed by atoms with E-state index in [1.807, 2.05) is 42.5 Å². The van der Waals surface area contributed by atoms with Crippen LogP contribution in [0.1, 0.15) is 11.1 Å². The number of methoxy groups -OCH3 is 2. The van der Waals surface area contributed by atoms with Crippen LogP contribution in [0.15, 0.2) is 85.2 Å². The maximum atomic E-state index is 12.9. The Morgan fingerprint density at radius 3 is 2.55 bits per heavy atom. The van der Waals surface area contributed by atoms with E-state index < -0.39 is 11.3 Å². The molecule has 38 heavy (non-hydrogen) atoms. The molecule has 8 nitrogen and oxygen atoms in total. The van der Waals surface area contributed by atoms with E-state index in [-0.39, 0.29) is 0 Å². The molecule has 0 atom stereocenters. The fraction of sp³-hybridized carbons (Fsp3) is 0.200. The summed E-state index contributed by atoms with van der Waals surface area (Å²) in [7, 11) is 3.23. The van der Waals surface area contributed by atoms with Crippen LogP contribution in [0.5, 0.6) is 17.2 Å². The van der Waals surface area contributed by atoms with Gasteiger partial charge in [-0.15, -0.1) is 0 Å². The summed E-state index contributed by atoms with van der Waals surface area (Å²) in [5.41, 5.74) is 2.49. The Bertz CT molecular complexity index is 1790. The van der Waals surface area contributed by atoms with Crippen LogP contribution in [-0.4, -0.2) is 32.4 Å². The van der Waals surface area contributed by atoms with Crippen LogP contribution in [0.4, 0.5) is 0 Å². The monoisotopic (exact) mass is 511 g/mol. The summed E-state index contributed by atoms with van der Waals surface area (Å²) in [4.78, 5) is 27.7. The highest BCUT2D eigenvalue weighted by atomic mass is 16.5. The number of hydrogen-bond acceptors (Lipinski definition) is 8. The van der Waals surface area contributed by atoms with Gasteiger partial charge in [-0.05, 0) is 48.4 Å². The zero-order valence-corrected chi connectivity index (χ0v) is 21.0. The number of nitrogens with zero attached hydrogens (tertiary/aromatic N) is 1. The van der Waals surface area contributed by atoms with Gasteiger partial charge in [0, 0.05) is 35.5 Å². The maximum absolute atomic E-state index is 12.9. The van der Waals surface area contributed by atoms with Crippen molar-refractivity contribution in [1.82, 2.24) is 4.90 Å². The number of ether oxygens (including phenoxy) is 3. The SMILES string of the molecule is COc1ccc(CCN2COc3ccc4c(-c5cc6ccccc6oc5=O)cc(=O)oc4c3C2)cc1OC. The van der Waals surface area contributed by atoms with Crippen LogP contribution in [0, 0.1) is 0 Å². The Hall–Kier alpha value is -4.56. The summed E-state index contributed by atoms with van der Waals surface area (Å²) < 4.78 is 28.0. The lowest BCUT2D eigenvalue weighted by atomic mass is 9.99. The van der Waals surface area contributed by atoms with Crippen molar-refractivity contribution in [2.45, 2.75) is 13.0 Å². The van der Waals surface area contributed by atoms with Crippen LogP contribution in [0.3, 0.4) is 0 Å². The quantitative estimate of drug-likeness (QED) is 0.295. The van der Waals surface area contributed by atoms with E-state index in [0.717, 1.165) is 22.9 Å². The van der Waals surface area contributed by atoms with Gasteiger partial charge in [0.25, 0.3) is 0 Å². The summed E-state index contributed by atoms with van der Waals surface area (Å²) in [5, 5.41) is 1.42. The highest BCUT2D eigenvalue weighted by molar-refractivity contribution is 5.97. The fourth-order valence-electron chi connectivity index (χ4n) is 4.92. The van der Waals surface area contributed by atoms with Gasteiger partial charge < -0.3 is 23.0 Å². The molecule has 8 heteroatoms. The predicted molar refractivity (Wildman–Crippen MR) is 143 cm³/mol. The zero-order valence-electron chi connectivity index (χ0n) is 21.0. The smallest absolute Gasteiger partial charge is 0.344 e. The average Bonchev–Trinajstić information content (AvgIpc) is 2.95. The molecule has 3 heterocycles. The van der Waals surface area contributed by atoms with E-state index in [1.165, 1.54) is 6.07 Å². The van der Waals surface area contributed by atoms with Crippen molar-refractivity contribution in [2.75, 3.05) is 27.5 Å². The first-order chi connectivity index (χ1) is 18.5. The molecule has 0 N–H and O–H groups in total. The van der Waals surface area contributed by atoms with Gasteiger partial charge in [0.1, 0.15) is 23.6 Å². The highest BCUT2D eigenvalue weighted by Crippen LogP contribution is 2.36. The van der Waals surface area contributed by atoms with Gasteiger partial charge in [-0.1, -0.05) is 24.3 Å². The van der Waals surface area contributed by atoms with Gasteiger partial charge in [0.05, 0.1) is 25.3 Å². The summed E-state index contributed by atoms with van der Waals surface area (Å²) >= 11 is 0. The molecule has 0 unspecified atom stereocenters. The van der Waals surface area contributed by atoms with Crippen molar-refractivity contribution in [3.63, 3.8) is 0 Å². The minimum atomic E-state index is -0.545. The Kier molecular flexibility index (Phi) is 6.09. The molecule has 1 aliphatic heterocycles. The summed E-state index contributed by atoms with van der Waals surface area (Å²) in [6.07, 6.45) is 0.761. The molecule has 3 aromatic carbocycles. The molecule has 0 radical (unpaired) electrons. The second-order valence-electron chi connectivity index (χ2n) is 9.15. The van der Waals surface area contributed by atoms with Gasteiger partial charge in [-0.25, -0.2) is 9.59 Å². The van der Waals surface area contributed by atoms with Gasteiger partial charge in [0.15, 0.2) is 11.5 Å². The molecule has 0 spiro atoms. The van der Waals surface area contributed by atoms with Gasteiger partial charge in [-0.3, -0.25) is 4.90 Å². The normalized spacial score (nSPS) is 13.3. The highest BCUT2D eigenvalue weighted by Gasteiger charge is 2.24. The van der Waals surface area contributed by atoms with E-state index in [1.54, 1.807) is 32.4 Å². The minimum absolute atomic E-state index is 0.309. The number of fused-ring (bicyclic) bond motifs is 4. The third-order valence-electron chi connectivity index (χ3n) is 6.85. The summed E-state index contributed by atoms with van der Waals surface area (Å²) in [5.74, 6) is 2.03. The molecule has 6 rings (SSSR count). The van der Waals surface area contributed by atoms with E-state index in [4.69, 9.17) is 23.0 Å². The summed E-state index contributed by atoms with van der Waals surface area (Å²) in [6, 6.07) is 19.9. The van der Waals surface area contributed by atoms with Crippen LogP contribution < -0.4 is 25.5 Å². The van der Waals surface area contributed by atoms with Crippen LogP contribution in [-0.2, 0) is 13.0 Å². The topological polar surface area (TPSA) is 91.4 Å². The van der Waals surface area contributed by atoms with Gasteiger partial charge in [-0.2, -0.15) is 0 Å². The van der Waals surface area contributed by atoms with E-state index >= 15 is 0 Å². The lowest BCUT2D eigenvalue weighted by Gasteiger charge is -2.29. The standard InChI is InChI=1S/C30H25NO7/c1-34-26-9-7-18(13-27(26)35-2)11-12-31-16-23-25(36-17-31)10-8-20-21(15-28(32)38-29(20)23)22-14-19-5-3-4-6-24(19)37-30(22)33/h3-10,13-15H,11-12,16-17H2,1-2H3. The lowest BCUT2D eigenvalue weighted by Crippen LogP contribution is -2.33. The van der Waals surface area contributed by atoms with E-state index in [9.17, 15) is 9.59 Å². The van der Waals surface area contributed by atoms with Gasteiger partial charge >= 0.3 is 11.3 Å². The summed E-state index contributed by atoms with van der Waals surface area (Å²) in [6.45, 7) is 1.65. The molecule has 0 amide bonds. The number of para-hydroxylation sites is 1. The van der Waals surface area contributed by atoms with Crippen molar-refractivity contribution in [2.24, 2.45) is 0 Å². The third kappa shape index (κ3) is 4.29. The Morgan fingerprint density at radius 1 is 0.868 bits per heavy atom. The Balaban J connectivity index is 1.34.